The van der Waals surface area contributed by atoms with E-state index < -0.39 is 23.9 Å². The van der Waals surface area contributed by atoms with E-state index in [9.17, 15) is 19.6 Å². The monoisotopic (exact) mass is 501 g/mol. The number of methoxy groups -OCH3 is 1. The molecule has 0 spiro atoms. The minimum atomic E-state index is -0.835. The summed E-state index contributed by atoms with van der Waals surface area (Å²) in [5, 5.41) is 19.0. The Kier molecular flexibility index (Phi) is 7.77. The van der Waals surface area contributed by atoms with Crippen molar-refractivity contribution in [3.8, 4) is 11.8 Å². The SMILES string of the molecule is COc1cccc2[nH]c(C(=O)N[C@@H](CC(C)C)C(=O)N[C@H](C#N)C[C@H]3CC(=O)Nc4ccccc43)cc12. The maximum Gasteiger partial charge on any atom is 0.268 e. The fraction of sp³-hybridized carbons (Fsp3) is 0.357. The molecule has 192 valence electrons. The van der Waals surface area contributed by atoms with Crippen molar-refractivity contribution < 1.29 is 19.1 Å². The summed E-state index contributed by atoms with van der Waals surface area (Å²) in [6.07, 6.45) is 0.922. The normalized spacial score (nSPS) is 16.3. The Balaban J connectivity index is 1.47. The summed E-state index contributed by atoms with van der Waals surface area (Å²) in [5.41, 5.74) is 2.72. The quantitative estimate of drug-likeness (QED) is 0.353. The first-order chi connectivity index (χ1) is 17.8. The number of para-hydroxylation sites is 1. The predicted octanol–water partition coefficient (Wildman–Crippen LogP) is 3.85. The third-order valence-electron chi connectivity index (χ3n) is 6.52. The molecule has 4 rings (SSSR count). The number of hydrogen-bond acceptors (Lipinski definition) is 5. The molecular weight excluding hydrogens is 470 g/mol. The molecule has 0 unspecified atom stereocenters. The molecule has 0 saturated carbocycles. The number of hydrogen-bond donors (Lipinski definition) is 4. The van der Waals surface area contributed by atoms with Crippen molar-refractivity contribution in [2.24, 2.45) is 5.92 Å². The topological polar surface area (TPSA) is 136 Å². The van der Waals surface area contributed by atoms with Gasteiger partial charge in [0.2, 0.25) is 11.8 Å². The number of carbonyl (C=O) groups excluding carboxylic acids is 3. The zero-order chi connectivity index (χ0) is 26.5. The van der Waals surface area contributed by atoms with Crippen molar-refractivity contribution in [1.82, 2.24) is 15.6 Å². The molecule has 0 bridgehead atoms. The number of amides is 3. The molecule has 3 atom stereocenters. The number of rotatable bonds is 9. The Morgan fingerprint density at radius 3 is 2.68 bits per heavy atom. The van der Waals surface area contributed by atoms with Gasteiger partial charge >= 0.3 is 0 Å². The van der Waals surface area contributed by atoms with Crippen LogP contribution in [0.15, 0.2) is 48.5 Å². The number of nitrogens with one attached hydrogen (secondary N) is 4. The molecule has 9 heteroatoms. The van der Waals surface area contributed by atoms with E-state index >= 15 is 0 Å². The molecule has 2 heterocycles. The van der Waals surface area contributed by atoms with Gasteiger partial charge in [0.05, 0.1) is 13.2 Å². The van der Waals surface area contributed by atoms with E-state index in [0.29, 0.717) is 17.9 Å². The van der Waals surface area contributed by atoms with Crippen molar-refractivity contribution in [2.75, 3.05) is 12.4 Å². The number of H-pyrrole nitrogens is 1. The molecule has 3 amide bonds. The van der Waals surface area contributed by atoms with Crippen molar-refractivity contribution >= 4 is 34.3 Å². The van der Waals surface area contributed by atoms with Gasteiger partial charge in [-0.05, 0) is 54.5 Å². The zero-order valence-electron chi connectivity index (χ0n) is 21.1. The summed E-state index contributed by atoms with van der Waals surface area (Å²) in [5.74, 6) is -0.422. The number of ether oxygens (including phenoxy) is 1. The van der Waals surface area contributed by atoms with E-state index in [1.807, 2.05) is 56.3 Å². The first-order valence-corrected chi connectivity index (χ1v) is 12.3. The van der Waals surface area contributed by atoms with Crippen LogP contribution in [-0.4, -0.2) is 41.9 Å². The van der Waals surface area contributed by atoms with Crippen molar-refractivity contribution in [3.05, 3.63) is 59.8 Å². The van der Waals surface area contributed by atoms with Crippen LogP contribution in [-0.2, 0) is 9.59 Å². The summed E-state index contributed by atoms with van der Waals surface area (Å²) < 4.78 is 5.37. The second-order valence-electron chi connectivity index (χ2n) is 9.72. The molecule has 1 aliphatic rings. The molecule has 0 saturated heterocycles. The number of nitriles is 1. The highest BCUT2D eigenvalue weighted by Crippen LogP contribution is 2.35. The van der Waals surface area contributed by atoms with Gasteiger partial charge in [0.15, 0.2) is 0 Å². The number of benzene rings is 2. The first-order valence-electron chi connectivity index (χ1n) is 12.3. The summed E-state index contributed by atoms with van der Waals surface area (Å²) >= 11 is 0. The number of anilines is 1. The van der Waals surface area contributed by atoms with Gasteiger partial charge in [-0.3, -0.25) is 14.4 Å². The van der Waals surface area contributed by atoms with Gasteiger partial charge in [-0.1, -0.05) is 38.1 Å². The summed E-state index contributed by atoms with van der Waals surface area (Å²) in [6.45, 7) is 3.92. The van der Waals surface area contributed by atoms with E-state index in [1.165, 1.54) is 0 Å². The van der Waals surface area contributed by atoms with Crippen LogP contribution in [0.3, 0.4) is 0 Å². The Labute approximate surface area is 215 Å². The highest BCUT2D eigenvalue weighted by atomic mass is 16.5. The van der Waals surface area contributed by atoms with Crippen LogP contribution in [0.2, 0.25) is 0 Å². The number of aromatic nitrogens is 1. The number of carbonyl (C=O) groups is 3. The number of aromatic amines is 1. The van der Waals surface area contributed by atoms with E-state index in [2.05, 4.69) is 27.0 Å². The standard InChI is InChI=1S/C28H31N5O4/c1-16(2)11-23(33-28(36)24-14-20-22(31-24)9-6-10-25(20)37-3)27(35)30-18(15-29)12-17-13-26(34)32-21-8-5-4-7-19(17)21/h4-10,14,16-18,23,31H,11-13H2,1-3H3,(H,30,35)(H,32,34)(H,33,36)/t17-,18-,23-/m0/s1. The minimum Gasteiger partial charge on any atom is -0.496 e. The zero-order valence-corrected chi connectivity index (χ0v) is 21.1. The average molecular weight is 502 g/mol. The lowest BCUT2D eigenvalue weighted by molar-refractivity contribution is -0.123. The van der Waals surface area contributed by atoms with Gasteiger partial charge in [0.1, 0.15) is 23.5 Å². The molecule has 3 aromatic rings. The lowest BCUT2D eigenvalue weighted by atomic mass is 9.85. The molecule has 0 aliphatic carbocycles. The van der Waals surface area contributed by atoms with Gasteiger partial charge in [-0.15, -0.1) is 0 Å². The maximum atomic E-state index is 13.3. The van der Waals surface area contributed by atoms with E-state index in [1.54, 1.807) is 13.2 Å². The van der Waals surface area contributed by atoms with E-state index in [0.717, 1.165) is 22.2 Å². The molecule has 0 fully saturated rings. The van der Waals surface area contributed by atoms with Crippen molar-refractivity contribution in [2.45, 2.75) is 51.1 Å². The van der Waals surface area contributed by atoms with Crippen molar-refractivity contribution in [1.29, 1.82) is 5.26 Å². The van der Waals surface area contributed by atoms with Crippen LogP contribution in [0, 0.1) is 17.2 Å². The Morgan fingerprint density at radius 1 is 1.16 bits per heavy atom. The summed E-state index contributed by atoms with van der Waals surface area (Å²) in [4.78, 5) is 41.6. The average Bonchev–Trinajstić information content (AvgIpc) is 3.32. The van der Waals surface area contributed by atoms with E-state index in [4.69, 9.17) is 4.74 Å². The Bertz CT molecular complexity index is 1360. The molecule has 2 aromatic carbocycles. The minimum absolute atomic E-state index is 0.119. The highest BCUT2D eigenvalue weighted by molar-refractivity contribution is 6.01. The van der Waals surface area contributed by atoms with E-state index in [-0.39, 0.29) is 30.6 Å². The highest BCUT2D eigenvalue weighted by Gasteiger charge is 2.30. The Hall–Kier alpha value is -4.32. The molecule has 9 nitrogen and oxygen atoms in total. The summed E-state index contributed by atoms with van der Waals surface area (Å²) in [7, 11) is 1.56. The predicted molar refractivity (Wildman–Crippen MR) is 140 cm³/mol. The van der Waals surface area contributed by atoms with Crippen LogP contribution in [0.5, 0.6) is 5.75 Å². The third kappa shape index (κ3) is 5.92. The van der Waals surface area contributed by atoms with Gasteiger partial charge in [-0.25, -0.2) is 0 Å². The molecule has 0 radical (unpaired) electrons. The van der Waals surface area contributed by atoms with Gasteiger partial charge < -0.3 is 25.7 Å². The molecule has 1 aromatic heterocycles. The van der Waals surface area contributed by atoms with Gasteiger partial charge in [-0.2, -0.15) is 5.26 Å². The lowest BCUT2D eigenvalue weighted by Gasteiger charge is -2.28. The molecule has 4 N–H and O–H groups in total. The van der Waals surface area contributed by atoms with Crippen LogP contribution in [0.4, 0.5) is 5.69 Å². The molecular formula is C28H31N5O4. The fourth-order valence-electron chi connectivity index (χ4n) is 4.78. The third-order valence-corrected chi connectivity index (χ3v) is 6.52. The van der Waals surface area contributed by atoms with Crippen LogP contribution < -0.4 is 20.7 Å². The smallest absolute Gasteiger partial charge is 0.268 e. The second kappa shape index (κ2) is 11.2. The lowest BCUT2D eigenvalue weighted by Crippen LogP contribution is -2.50. The van der Waals surface area contributed by atoms with Gasteiger partial charge in [0.25, 0.3) is 5.91 Å². The summed E-state index contributed by atoms with van der Waals surface area (Å²) in [6, 6.07) is 15.1. The Morgan fingerprint density at radius 2 is 1.95 bits per heavy atom. The second-order valence-corrected chi connectivity index (χ2v) is 9.72. The molecule has 1 aliphatic heterocycles. The molecule has 37 heavy (non-hydrogen) atoms. The number of fused-ring (bicyclic) bond motifs is 2. The van der Waals surface area contributed by atoms with Crippen LogP contribution in [0.1, 0.15) is 55.1 Å². The maximum absolute atomic E-state index is 13.3. The largest absolute Gasteiger partial charge is 0.496 e. The van der Waals surface area contributed by atoms with Gasteiger partial charge in [0, 0.05) is 23.0 Å². The van der Waals surface area contributed by atoms with Crippen molar-refractivity contribution in [3.63, 3.8) is 0 Å². The first kappa shape index (κ1) is 25.8. The number of nitrogens with zero attached hydrogens (tertiary/aromatic N) is 1. The van der Waals surface area contributed by atoms with Crippen LogP contribution >= 0.6 is 0 Å². The van der Waals surface area contributed by atoms with Crippen LogP contribution in [0.25, 0.3) is 10.9 Å². The fourth-order valence-corrected chi connectivity index (χ4v) is 4.78.